The molecule has 0 bridgehead atoms. The van der Waals surface area contributed by atoms with Crippen molar-refractivity contribution in [2.45, 2.75) is 85.4 Å². The lowest BCUT2D eigenvalue weighted by Gasteiger charge is -2.25. The zero-order valence-corrected chi connectivity index (χ0v) is 19.3. The fourth-order valence-electron chi connectivity index (χ4n) is 4.62. The Kier molecular flexibility index (Phi) is 5.58. The maximum atomic E-state index is 4.78. The number of aromatic nitrogens is 4. The second kappa shape index (κ2) is 8.03. The van der Waals surface area contributed by atoms with Gasteiger partial charge >= 0.3 is 0 Å². The van der Waals surface area contributed by atoms with Gasteiger partial charge in [0.05, 0.1) is 17.6 Å². The van der Waals surface area contributed by atoms with Gasteiger partial charge in [0, 0.05) is 41.6 Å². The van der Waals surface area contributed by atoms with E-state index in [0.29, 0.717) is 6.04 Å². The van der Waals surface area contributed by atoms with Crippen molar-refractivity contribution >= 4 is 0 Å². The fourth-order valence-corrected chi connectivity index (χ4v) is 4.62. The molecule has 1 aliphatic carbocycles. The van der Waals surface area contributed by atoms with E-state index < -0.39 is 0 Å². The molecule has 0 radical (unpaired) electrons. The van der Waals surface area contributed by atoms with Crippen LogP contribution in [0.25, 0.3) is 5.69 Å². The Morgan fingerprint density at radius 1 is 1.13 bits per heavy atom. The van der Waals surface area contributed by atoms with Crippen LogP contribution in [0.15, 0.2) is 30.5 Å². The van der Waals surface area contributed by atoms with E-state index in [1.165, 1.54) is 34.5 Å². The third kappa shape index (κ3) is 3.83. The van der Waals surface area contributed by atoms with Crippen molar-refractivity contribution in [3.05, 3.63) is 64.2 Å². The van der Waals surface area contributed by atoms with E-state index in [1.807, 2.05) is 0 Å². The van der Waals surface area contributed by atoms with E-state index in [0.717, 1.165) is 37.3 Å². The topological polar surface area (TPSA) is 47.7 Å². The first kappa shape index (κ1) is 20.9. The van der Waals surface area contributed by atoms with Crippen molar-refractivity contribution in [2.24, 2.45) is 0 Å². The highest BCUT2D eigenvalue weighted by Crippen LogP contribution is 2.32. The Morgan fingerprint density at radius 3 is 2.50 bits per heavy atom. The number of fused-ring (bicyclic) bond motifs is 1. The van der Waals surface area contributed by atoms with Crippen LogP contribution in [-0.2, 0) is 24.9 Å². The lowest BCUT2D eigenvalue weighted by molar-refractivity contribution is 0.453. The predicted molar refractivity (Wildman–Crippen MR) is 122 cm³/mol. The molecule has 0 spiro atoms. The number of hydrogen-bond donors (Lipinski definition) is 1. The van der Waals surface area contributed by atoms with Crippen LogP contribution in [0.1, 0.15) is 80.4 Å². The third-order valence-corrected chi connectivity index (χ3v) is 6.52. The summed E-state index contributed by atoms with van der Waals surface area (Å²) in [5, 5.41) is 13.2. The van der Waals surface area contributed by atoms with Crippen molar-refractivity contribution in [2.75, 3.05) is 0 Å². The number of nitrogens with one attached hydrogen (secondary N) is 1. The second-order valence-electron chi connectivity index (χ2n) is 9.55. The molecular formula is C25H35N5. The molecule has 0 saturated carbocycles. The number of benzene rings is 1. The smallest absolute Gasteiger partial charge is 0.0649 e. The molecule has 0 unspecified atom stereocenters. The molecule has 5 heteroatoms. The lowest BCUT2D eigenvalue weighted by atomic mass is 9.87. The fraction of sp³-hybridized carbons (Fsp3) is 0.520. The van der Waals surface area contributed by atoms with Crippen LogP contribution < -0.4 is 5.32 Å². The average Bonchev–Trinajstić information content (AvgIpc) is 3.27. The molecule has 0 saturated heterocycles. The van der Waals surface area contributed by atoms with Gasteiger partial charge in [-0.25, -0.2) is 4.68 Å². The van der Waals surface area contributed by atoms with Crippen molar-refractivity contribution in [1.29, 1.82) is 0 Å². The van der Waals surface area contributed by atoms with Gasteiger partial charge < -0.3 is 5.32 Å². The molecule has 0 amide bonds. The maximum absolute atomic E-state index is 4.78. The molecule has 2 heterocycles. The highest BCUT2D eigenvalue weighted by Gasteiger charge is 2.25. The zero-order valence-electron chi connectivity index (χ0n) is 19.3. The molecule has 0 fully saturated rings. The van der Waals surface area contributed by atoms with Crippen LogP contribution in [0.3, 0.4) is 0 Å². The van der Waals surface area contributed by atoms with Gasteiger partial charge in [-0.2, -0.15) is 10.2 Å². The van der Waals surface area contributed by atoms with Crippen LogP contribution in [0, 0.1) is 13.8 Å². The Bertz CT molecular complexity index is 1020. The van der Waals surface area contributed by atoms with E-state index >= 15 is 0 Å². The summed E-state index contributed by atoms with van der Waals surface area (Å²) in [6.07, 6.45) is 5.49. The molecule has 1 aromatic carbocycles. The number of nitrogens with zero attached hydrogens (tertiary/aromatic N) is 4. The summed E-state index contributed by atoms with van der Waals surface area (Å²) < 4.78 is 4.24. The summed E-state index contributed by atoms with van der Waals surface area (Å²) in [6, 6.07) is 9.23. The Balaban J connectivity index is 1.55. The van der Waals surface area contributed by atoms with Gasteiger partial charge in [0.15, 0.2) is 0 Å². The first-order chi connectivity index (χ1) is 14.3. The number of aryl methyl sites for hydroxylation is 2. The molecule has 1 N–H and O–H groups in total. The maximum Gasteiger partial charge on any atom is 0.0649 e. The first-order valence-electron chi connectivity index (χ1n) is 11.2. The second-order valence-corrected chi connectivity index (χ2v) is 9.55. The van der Waals surface area contributed by atoms with Gasteiger partial charge in [0.25, 0.3) is 0 Å². The standard InChI is InChI=1S/C25H35N5/c1-7-29-18(3)21(17(2)28-29)15-26-23-9-8-10-24-22(23)16-27-30(24)20-13-11-19(12-14-20)25(4,5)6/h11-14,16,23,26H,7-10,15H2,1-6H3/t23-/m0/s1. The molecule has 3 aromatic rings. The van der Waals surface area contributed by atoms with E-state index in [1.54, 1.807) is 0 Å². The molecule has 30 heavy (non-hydrogen) atoms. The summed E-state index contributed by atoms with van der Waals surface area (Å²) >= 11 is 0. The van der Waals surface area contributed by atoms with Gasteiger partial charge in [0.2, 0.25) is 0 Å². The van der Waals surface area contributed by atoms with Crippen molar-refractivity contribution < 1.29 is 0 Å². The average molecular weight is 406 g/mol. The van der Waals surface area contributed by atoms with E-state index in [-0.39, 0.29) is 5.41 Å². The number of hydrogen-bond acceptors (Lipinski definition) is 3. The molecule has 5 nitrogen and oxygen atoms in total. The van der Waals surface area contributed by atoms with Crippen LogP contribution in [0.4, 0.5) is 0 Å². The SMILES string of the molecule is CCn1nc(C)c(CN[C@H]2CCCc3c2cnn3-c2ccc(C(C)(C)C)cc2)c1C. The molecule has 1 aliphatic rings. The van der Waals surface area contributed by atoms with Gasteiger partial charge in [-0.05, 0) is 63.1 Å². The van der Waals surface area contributed by atoms with E-state index in [2.05, 4.69) is 91.8 Å². The normalized spacial score (nSPS) is 16.7. The quantitative estimate of drug-likeness (QED) is 0.637. The van der Waals surface area contributed by atoms with Crippen LogP contribution in [0.2, 0.25) is 0 Å². The molecule has 4 rings (SSSR count). The molecule has 1 atom stereocenters. The first-order valence-corrected chi connectivity index (χ1v) is 11.2. The third-order valence-electron chi connectivity index (χ3n) is 6.52. The molecule has 0 aliphatic heterocycles. The minimum Gasteiger partial charge on any atom is -0.306 e. The molecular weight excluding hydrogens is 370 g/mol. The minimum atomic E-state index is 0.166. The van der Waals surface area contributed by atoms with Gasteiger partial charge in [0.1, 0.15) is 0 Å². The lowest BCUT2D eigenvalue weighted by Crippen LogP contribution is -2.25. The monoisotopic (exact) mass is 405 g/mol. The highest BCUT2D eigenvalue weighted by molar-refractivity contribution is 5.40. The van der Waals surface area contributed by atoms with Crippen molar-refractivity contribution in [1.82, 2.24) is 24.9 Å². The van der Waals surface area contributed by atoms with Crippen LogP contribution >= 0.6 is 0 Å². The highest BCUT2D eigenvalue weighted by atomic mass is 15.3. The Labute approximate surface area is 180 Å². The molecule has 2 aromatic heterocycles. The van der Waals surface area contributed by atoms with E-state index in [4.69, 9.17) is 5.10 Å². The van der Waals surface area contributed by atoms with Crippen molar-refractivity contribution in [3.63, 3.8) is 0 Å². The molecule has 160 valence electrons. The van der Waals surface area contributed by atoms with Gasteiger partial charge in [-0.15, -0.1) is 0 Å². The van der Waals surface area contributed by atoms with Gasteiger partial charge in [-0.1, -0.05) is 32.9 Å². The van der Waals surface area contributed by atoms with Gasteiger partial charge in [-0.3, -0.25) is 4.68 Å². The summed E-state index contributed by atoms with van der Waals surface area (Å²) in [6.45, 7) is 15.0. The van der Waals surface area contributed by atoms with Crippen molar-refractivity contribution in [3.8, 4) is 5.69 Å². The summed E-state index contributed by atoms with van der Waals surface area (Å²) in [4.78, 5) is 0. The summed E-state index contributed by atoms with van der Waals surface area (Å²) in [5.41, 5.74) is 9.10. The summed E-state index contributed by atoms with van der Waals surface area (Å²) in [7, 11) is 0. The van der Waals surface area contributed by atoms with Crippen LogP contribution in [0.5, 0.6) is 0 Å². The van der Waals surface area contributed by atoms with E-state index in [9.17, 15) is 0 Å². The summed E-state index contributed by atoms with van der Waals surface area (Å²) in [5.74, 6) is 0. The Hall–Kier alpha value is -2.40. The largest absolute Gasteiger partial charge is 0.306 e. The minimum absolute atomic E-state index is 0.166. The van der Waals surface area contributed by atoms with Crippen LogP contribution in [-0.4, -0.2) is 19.6 Å². The Morgan fingerprint density at radius 2 is 1.87 bits per heavy atom. The predicted octanol–water partition coefficient (Wildman–Crippen LogP) is 5.17. The zero-order chi connectivity index (χ0) is 21.5. The number of rotatable bonds is 5.